The van der Waals surface area contributed by atoms with Gasteiger partial charge in [-0.25, -0.2) is 18.4 Å². The second-order valence-corrected chi connectivity index (χ2v) is 16.5. The number of hydrazine groups is 1. The summed E-state index contributed by atoms with van der Waals surface area (Å²) in [6.45, 7) is 11.2. The Morgan fingerprint density at radius 2 is 2.02 bits per heavy atom. The van der Waals surface area contributed by atoms with E-state index in [2.05, 4.69) is 53.9 Å². The summed E-state index contributed by atoms with van der Waals surface area (Å²) in [7, 11) is -2.13. The summed E-state index contributed by atoms with van der Waals surface area (Å²) < 4.78 is 51.2. The molecule has 1 amide bonds. The number of methoxy groups -OCH3 is 1. The van der Waals surface area contributed by atoms with Crippen LogP contribution in [-0.2, 0) is 41.4 Å². The third-order valence-electron chi connectivity index (χ3n) is 9.62. The normalized spacial score (nSPS) is 19.9. The zero-order valence-electron chi connectivity index (χ0n) is 28.6. The lowest BCUT2D eigenvalue weighted by molar-refractivity contribution is -0.137. The monoisotopic (exact) mass is 700 g/mol. The second-order valence-electron chi connectivity index (χ2n) is 13.7. The van der Waals surface area contributed by atoms with Crippen molar-refractivity contribution < 1.29 is 27.0 Å². The quantitative estimate of drug-likeness (QED) is 0.241. The van der Waals surface area contributed by atoms with Crippen LogP contribution in [0.15, 0.2) is 36.5 Å². The fraction of sp³-hybridized carbons (Fsp3) is 0.588. The molecule has 2 saturated heterocycles. The number of rotatable bonds is 13. The Kier molecular flexibility index (Phi) is 11.6. The SMILES string of the molecule is CCn1c(-c2cccnc2C(C)OC)c(CC(C)(C)COP=O)c2cc(N3CCS(=O)(=O)C(CC(N)C(=O)N4CCCCN4)C3)ccc21. The van der Waals surface area contributed by atoms with Gasteiger partial charge in [-0.15, -0.1) is 0 Å². The topological polar surface area (TPSA) is 149 Å². The summed E-state index contributed by atoms with van der Waals surface area (Å²) in [6.07, 6.45) is 4.11. The van der Waals surface area contributed by atoms with Crippen molar-refractivity contribution >= 4 is 41.0 Å². The van der Waals surface area contributed by atoms with Gasteiger partial charge in [-0.2, -0.15) is 0 Å². The van der Waals surface area contributed by atoms with Crippen LogP contribution in [-0.4, -0.2) is 85.8 Å². The molecule has 2 aliphatic heterocycles. The average Bonchev–Trinajstić information content (AvgIpc) is 3.39. The van der Waals surface area contributed by atoms with E-state index < -0.39 is 21.1 Å². The van der Waals surface area contributed by atoms with Crippen molar-refractivity contribution in [3.05, 3.63) is 47.8 Å². The number of amides is 1. The maximum atomic E-state index is 13.3. The lowest BCUT2D eigenvalue weighted by atomic mass is 9.84. The van der Waals surface area contributed by atoms with E-state index in [0.29, 0.717) is 39.2 Å². The summed E-state index contributed by atoms with van der Waals surface area (Å²) in [5.74, 6) is -0.276. The van der Waals surface area contributed by atoms with Crippen LogP contribution in [0.4, 0.5) is 5.69 Å². The molecule has 0 spiro atoms. The molecule has 262 valence electrons. The lowest BCUT2D eigenvalue weighted by Crippen LogP contribution is -2.56. The first kappa shape index (κ1) is 36.4. The minimum absolute atomic E-state index is 0.0145. The molecule has 2 fully saturated rings. The van der Waals surface area contributed by atoms with E-state index in [9.17, 15) is 17.8 Å². The molecule has 2 aliphatic rings. The fourth-order valence-corrected chi connectivity index (χ4v) is 9.10. The Hall–Kier alpha value is -2.93. The van der Waals surface area contributed by atoms with Gasteiger partial charge in [0.15, 0.2) is 9.84 Å². The Morgan fingerprint density at radius 1 is 1.23 bits per heavy atom. The fourth-order valence-electron chi connectivity index (χ4n) is 6.98. The van der Waals surface area contributed by atoms with Gasteiger partial charge in [0.25, 0.3) is 5.91 Å². The molecular formula is C34H49N6O6PS. The maximum absolute atomic E-state index is 13.3. The third kappa shape index (κ3) is 7.77. The zero-order chi connectivity index (χ0) is 34.6. The van der Waals surface area contributed by atoms with Crippen molar-refractivity contribution in [3.63, 3.8) is 0 Å². The van der Waals surface area contributed by atoms with Gasteiger partial charge in [0.2, 0.25) is 0 Å². The Balaban J connectivity index is 1.55. The van der Waals surface area contributed by atoms with Crippen LogP contribution in [0.1, 0.15) is 64.3 Å². The number of pyridine rings is 1. The number of anilines is 1. The number of nitrogens with two attached hydrogens (primary N) is 1. The Bertz CT molecular complexity index is 1720. The molecule has 48 heavy (non-hydrogen) atoms. The molecule has 0 bridgehead atoms. The van der Waals surface area contributed by atoms with E-state index >= 15 is 0 Å². The molecule has 3 aromatic rings. The molecule has 3 unspecified atom stereocenters. The smallest absolute Gasteiger partial charge is 0.327 e. The van der Waals surface area contributed by atoms with Crippen molar-refractivity contribution in [2.75, 3.05) is 50.5 Å². The predicted molar refractivity (Wildman–Crippen MR) is 189 cm³/mol. The van der Waals surface area contributed by atoms with Crippen molar-refractivity contribution in [2.24, 2.45) is 11.1 Å². The van der Waals surface area contributed by atoms with Gasteiger partial charge in [-0.3, -0.25) is 19.3 Å². The second kappa shape index (κ2) is 15.3. The van der Waals surface area contributed by atoms with Gasteiger partial charge < -0.3 is 19.9 Å². The molecule has 1 aromatic carbocycles. The number of nitrogens with one attached hydrogen (secondary N) is 1. The molecule has 0 radical (unpaired) electrons. The van der Waals surface area contributed by atoms with E-state index in [1.807, 2.05) is 19.1 Å². The number of hydrogen-bond acceptors (Lipinski definition) is 10. The molecular weight excluding hydrogens is 651 g/mol. The van der Waals surface area contributed by atoms with E-state index in [1.54, 1.807) is 13.3 Å². The van der Waals surface area contributed by atoms with Crippen molar-refractivity contribution in [1.82, 2.24) is 20.0 Å². The van der Waals surface area contributed by atoms with Gasteiger partial charge >= 0.3 is 8.69 Å². The molecule has 2 aromatic heterocycles. The number of sulfone groups is 1. The summed E-state index contributed by atoms with van der Waals surface area (Å²) in [5.41, 5.74) is 15.0. The maximum Gasteiger partial charge on any atom is 0.327 e. The number of carbonyl (C=O) groups is 1. The van der Waals surface area contributed by atoms with Gasteiger partial charge in [0.05, 0.1) is 41.1 Å². The summed E-state index contributed by atoms with van der Waals surface area (Å²) in [4.78, 5) is 19.9. The number of aromatic nitrogens is 2. The number of fused-ring (bicyclic) bond motifs is 1. The first-order chi connectivity index (χ1) is 22.9. The van der Waals surface area contributed by atoms with Crippen molar-refractivity contribution in [3.8, 4) is 11.3 Å². The zero-order valence-corrected chi connectivity index (χ0v) is 30.4. The van der Waals surface area contributed by atoms with Crippen LogP contribution >= 0.6 is 8.69 Å². The molecule has 4 heterocycles. The van der Waals surface area contributed by atoms with Gasteiger partial charge in [-0.1, -0.05) is 13.8 Å². The number of ether oxygens (including phenoxy) is 1. The lowest BCUT2D eigenvalue weighted by Gasteiger charge is -2.36. The molecule has 12 nitrogen and oxygen atoms in total. The molecule has 0 saturated carbocycles. The molecule has 0 aliphatic carbocycles. The van der Waals surface area contributed by atoms with Crippen LogP contribution in [0.25, 0.3) is 22.2 Å². The number of aryl methyl sites for hydroxylation is 1. The van der Waals surface area contributed by atoms with Crippen LogP contribution < -0.4 is 16.1 Å². The van der Waals surface area contributed by atoms with Crippen LogP contribution in [0.5, 0.6) is 0 Å². The van der Waals surface area contributed by atoms with Crippen LogP contribution in [0.2, 0.25) is 0 Å². The number of hydrogen-bond donors (Lipinski definition) is 2. The summed E-state index contributed by atoms with van der Waals surface area (Å²) >= 11 is 0. The molecule has 5 rings (SSSR count). The number of carbonyl (C=O) groups excluding carboxylic acids is 1. The predicted octanol–water partition coefficient (Wildman–Crippen LogP) is 4.67. The standard InChI is InChI=1S/C34H49N6O6PS/c1-6-39-30-12-11-24(38-16-17-48(43,44)25(21-38)19-29(35)33(41)40-15-8-7-14-37-40)18-27(30)28(20-34(3,4)22-46-47-42)32(39)26-10-9-13-36-31(26)23(2)45-5/h9-13,18,23,25,29,37H,6-8,14-17,19-22,35H2,1-5H3. The van der Waals surface area contributed by atoms with Gasteiger partial charge in [0.1, 0.15) is 0 Å². The van der Waals surface area contributed by atoms with E-state index in [0.717, 1.165) is 51.9 Å². The third-order valence-corrected chi connectivity index (χ3v) is 12.0. The first-order valence-corrected chi connectivity index (χ1v) is 19.2. The van der Waals surface area contributed by atoms with Crippen molar-refractivity contribution in [1.29, 1.82) is 0 Å². The van der Waals surface area contributed by atoms with E-state index in [1.165, 1.54) is 5.01 Å². The average molecular weight is 701 g/mol. The van der Waals surface area contributed by atoms with Crippen LogP contribution in [0.3, 0.4) is 0 Å². The number of benzene rings is 1. The summed E-state index contributed by atoms with van der Waals surface area (Å²) in [6, 6.07) is 9.40. The Morgan fingerprint density at radius 3 is 2.71 bits per heavy atom. The van der Waals surface area contributed by atoms with E-state index in [-0.39, 0.29) is 44.8 Å². The molecule has 3 N–H and O–H groups in total. The van der Waals surface area contributed by atoms with Crippen molar-refractivity contribution in [2.45, 2.75) is 77.3 Å². The van der Waals surface area contributed by atoms with Gasteiger partial charge in [0, 0.05) is 68.2 Å². The highest BCUT2D eigenvalue weighted by atomic mass is 32.2. The Labute approximate surface area is 285 Å². The first-order valence-electron chi connectivity index (χ1n) is 16.8. The minimum atomic E-state index is -3.44. The largest absolute Gasteiger partial charge is 0.375 e. The molecule has 14 heteroatoms. The highest BCUT2D eigenvalue weighted by molar-refractivity contribution is 7.92. The minimum Gasteiger partial charge on any atom is -0.375 e. The van der Waals surface area contributed by atoms with Gasteiger partial charge in [-0.05, 0) is 80.8 Å². The highest BCUT2D eigenvalue weighted by Crippen LogP contribution is 2.42. The van der Waals surface area contributed by atoms with Crippen LogP contribution in [0, 0.1) is 5.41 Å². The number of nitrogens with zero attached hydrogens (tertiary/aromatic N) is 4. The summed E-state index contributed by atoms with van der Waals surface area (Å²) in [5, 5.41) is 1.82. The molecule has 3 atom stereocenters. The van der Waals surface area contributed by atoms with E-state index in [4.69, 9.17) is 20.0 Å². The highest BCUT2D eigenvalue weighted by Gasteiger charge is 2.37.